The van der Waals surface area contributed by atoms with Crippen LogP contribution >= 0.6 is 11.8 Å². The van der Waals surface area contributed by atoms with Crippen LogP contribution in [0.4, 0.5) is 8.78 Å². The number of rotatable bonds is 11. The molecule has 1 atom stereocenters. The molecule has 126 valence electrons. The van der Waals surface area contributed by atoms with Crippen molar-refractivity contribution < 1.29 is 18.3 Å². The third-order valence-corrected chi connectivity index (χ3v) is 4.64. The minimum absolute atomic E-state index is 0.00546. The van der Waals surface area contributed by atoms with E-state index in [1.54, 1.807) is 11.8 Å². The van der Waals surface area contributed by atoms with E-state index in [2.05, 4.69) is 0 Å². The fourth-order valence-electron chi connectivity index (χ4n) is 1.86. The second-order valence-electron chi connectivity index (χ2n) is 6.33. The Bertz CT molecular complexity index is 307. The molecule has 0 aliphatic heterocycles. The van der Waals surface area contributed by atoms with Gasteiger partial charge in [-0.05, 0) is 38.4 Å². The average Bonchev–Trinajstić information content (AvgIpc) is 2.36. The molecule has 0 saturated carbocycles. The van der Waals surface area contributed by atoms with Crippen molar-refractivity contribution in [3.8, 4) is 0 Å². The number of esters is 1. The topological polar surface area (TPSA) is 26.3 Å². The molecule has 0 amide bonds. The maximum absolute atomic E-state index is 13.3. The van der Waals surface area contributed by atoms with Crippen molar-refractivity contribution in [1.82, 2.24) is 0 Å². The van der Waals surface area contributed by atoms with Crippen molar-refractivity contribution >= 4 is 17.7 Å². The van der Waals surface area contributed by atoms with Crippen LogP contribution in [0.2, 0.25) is 0 Å². The molecule has 0 aromatic heterocycles. The summed E-state index contributed by atoms with van der Waals surface area (Å²) in [5.41, 5.74) is 0. The number of carbonyl (C=O) groups is 1. The molecule has 0 rings (SSSR count). The Balaban J connectivity index is 3.95. The van der Waals surface area contributed by atoms with Gasteiger partial charge in [0.25, 0.3) is 0 Å². The summed E-state index contributed by atoms with van der Waals surface area (Å²) in [5.74, 6) is -1.90. The summed E-state index contributed by atoms with van der Waals surface area (Å²) in [6, 6.07) is 0. The van der Waals surface area contributed by atoms with Gasteiger partial charge in [-0.2, -0.15) is 11.8 Å². The summed E-state index contributed by atoms with van der Waals surface area (Å²) < 4.78 is 31.6. The minimum Gasteiger partial charge on any atom is -0.464 e. The molecule has 0 aliphatic rings. The average molecular weight is 324 g/mol. The van der Waals surface area contributed by atoms with Crippen LogP contribution in [0.5, 0.6) is 0 Å². The third-order valence-electron chi connectivity index (χ3n) is 3.30. The first kappa shape index (κ1) is 20.7. The highest BCUT2D eigenvalue weighted by molar-refractivity contribution is 8.00. The van der Waals surface area contributed by atoms with Crippen LogP contribution in [0.15, 0.2) is 0 Å². The molecule has 0 N–H and O–H groups in total. The largest absolute Gasteiger partial charge is 0.464 e. The number of hydrogen-bond acceptors (Lipinski definition) is 3. The SMILES string of the molecule is CCCC(=O)OCC(C)(C)SCCC(C)CC(F)(F)CC. The third kappa shape index (κ3) is 11.0. The number of thioether (sulfide) groups is 1. The number of alkyl halides is 2. The van der Waals surface area contributed by atoms with Crippen LogP contribution in [0.3, 0.4) is 0 Å². The lowest BCUT2D eigenvalue weighted by Crippen LogP contribution is -2.26. The Labute approximate surface area is 132 Å². The smallest absolute Gasteiger partial charge is 0.305 e. The van der Waals surface area contributed by atoms with E-state index >= 15 is 0 Å². The van der Waals surface area contributed by atoms with E-state index in [1.807, 2.05) is 27.7 Å². The quantitative estimate of drug-likeness (QED) is 0.482. The van der Waals surface area contributed by atoms with Crippen LogP contribution in [0.1, 0.15) is 66.7 Å². The monoisotopic (exact) mass is 324 g/mol. The molecule has 0 aromatic rings. The molecule has 0 aliphatic carbocycles. The van der Waals surface area contributed by atoms with Gasteiger partial charge in [0.1, 0.15) is 6.61 Å². The van der Waals surface area contributed by atoms with Crippen LogP contribution < -0.4 is 0 Å². The Kier molecular flexibility index (Phi) is 9.50. The van der Waals surface area contributed by atoms with Crippen LogP contribution in [0, 0.1) is 5.92 Å². The fourth-order valence-corrected chi connectivity index (χ4v) is 3.08. The van der Waals surface area contributed by atoms with E-state index in [1.165, 1.54) is 6.92 Å². The standard InChI is InChI=1S/C16H30F2O2S/c1-6-8-14(19)20-12-15(4,5)21-10-9-13(3)11-16(17,18)7-2/h13H,6-12H2,1-5H3. The summed E-state index contributed by atoms with van der Waals surface area (Å²) >= 11 is 1.68. The van der Waals surface area contributed by atoms with Gasteiger partial charge in [0.05, 0.1) is 0 Å². The molecule has 0 fully saturated rings. The summed E-state index contributed by atoms with van der Waals surface area (Å²) in [6.45, 7) is 9.74. The zero-order valence-corrected chi connectivity index (χ0v) is 14.8. The normalized spacial score (nSPS) is 14.0. The Morgan fingerprint density at radius 1 is 1.29 bits per heavy atom. The highest BCUT2D eigenvalue weighted by atomic mass is 32.2. The lowest BCUT2D eigenvalue weighted by molar-refractivity contribution is -0.144. The van der Waals surface area contributed by atoms with Gasteiger partial charge >= 0.3 is 5.97 Å². The highest BCUT2D eigenvalue weighted by Gasteiger charge is 2.29. The van der Waals surface area contributed by atoms with E-state index in [0.29, 0.717) is 13.0 Å². The van der Waals surface area contributed by atoms with Crippen LogP contribution in [-0.2, 0) is 9.53 Å². The molecule has 5 heteroatoms. The highest BCUT2D eigenvalue weighted by Crippen LogP contribution is 2.31. The molecule has 0 bridgehead atoms. The summed E-state index contributed by atoms with van der Waals surface area (Å²) in [7, 11) is 0. The summed E-state index contributed by atoms with van der Waals surface area (Å²) in [6.07, 6.45) is 1.85. The molecule has 0 heterocycles. The predicted molar refractivity (Wildman–Crippen MR) is 86.0 cm³/mol. The van der Waals surface area contributed by atoms with Crippen molar-refractivity contribution in [2.45, 2.75) is 77.4 Å². The van der Waals surface area contributed by atoms with Crippen molar-refractivity contribution in [3.05, 3.63) is 0 Å². The molecule has 1 unspecified atom stereocenters. The molecule has 21 heavy (non-hydrogen) atoms. The molecule has 0 saturated heterocycles. The van der Waals surface area contributed by atoms with Crippen LogP contribution in [-0.4, -0.2) is 29.0 Å². The van der Waals surface area contributed by atoms with Crippen molar-refractivity contribution in [1.29, 1.82) is 0 Å². The number of ether oxygens (including phenoxy) is 1. The fraction of sp³-hybridized carbons (Fsp3) is 0.938. The molecule has 2 nitrogen and oxygen atoms in total. The Hall–Kier alpha value is -0.320. The van der Waals surface area contributed by atoms with Gasteiger partial charge in [-0.25, -0.2) is 8.78 Å². The van der Waals surface area contributed by atoms with Gasteiger partial charge in [0.2, 0.25) is 5.92 Å². The minimum atomic E-state index is -2.55. The van der Waals surface area contributed by atoms with Gasteiger partial charge in [0.15, 0.2) is 0 Å². The number of hydrogen-bond donors (Lipinski definition) is 0. The van der Waals surface area contributed by atoms with Crippen LogP contribution in [0.25, 0.3) is 0 Å². The van der Waals surface area contributed by atoms with Gasteiger partial charge in [-0.15, -0.1) is 0 Å². The lowest BCUT2D eigenvalue weighted by Gasteiger charge is -2.25. The molecule has 0 spiro atoms. The first-order valence-corrected chi connectivity index (χ1v) is 8.78. The maximum Gasteiger partial charge on any atom is 0.305 e. The van der Waals surface area contributed by atoms with Gasteiger partial charge in [-0.3, -0.25) is 4.79 Å². The molecule has 0 radical (unpaired) electrons. The lowest BCUT2D eigenvalue weighted by atomic mass is 9.99. The predicted octanol–water partition coefficient (Wildman–Crippen LogP) is 5.30. The van der Waals surface area contributed by atoms with E-state index in [9.17, 15) is 13.6 Å². The van der Waals surface area contributed by atoms with E-state index in [0.717, 1.165) is 18.6 Å². The molecular weight excluding hydrogens is 294 g/mol. The Morgan fingerprint density at radius 2 is 1.90 bits per heavy atom. The number of carbonyl (C=O) groups excluding carboxylic acids is 1. The van der Waals surface area contributed by atoms with Gasteiger partial charge in [-0.1, -0.05) is 20.8 Å². The molecular formula is C16H30F2O2S. The van der Waals surface area contributed by atoms with Gasteiger partial charge in [0, 0.05) is 24.0 Å². The zero-order chi connectivity index (χ0) is 16.5. The van der Waals surface area contributed by atoms with Gasteiger partial charge < -0.3 is 4.74 Å². The number of halogens is 2. The second kappa shape index (κ2) is 9.65. The van der Waals surface area contributed by atoms with Crippen molar-refractivity contribution in [2.24, 2.45) is 5.92 Å². The van der Waals surface area contributed by atoms with Crippen molar-refractivity contribution in [3.63, 3.8) is 0 Å². The second-order valence-corrected chi connectivity index (χ2v) is 8.13. The first-order valence-electron chi connectivity index (χ1n) is 7.79. The summed E-state index contributed by atoms with van der Waals surface area (Å²) in [4.78, 5) is 11.3. The maximum atomic E-state index is 13.3. The Morgan fingerprint density at radius 3 is 2.43 bits per heavy atom. The van der Waals surface area contributed by atoms with E-state index in [4.69, 9.17) is 4.74 Å². The summed E-state index contributed by atoms with van der Waals surface area (Å²) in [5, 5.41) is 0. The van der Waals surface area contributed by atoms with E-state index in [-0.39, 0.29) is 29.5 Å². The van der Waals surface area contributed by atoms with E-state index < -0.39 is 5.92 Å². The first-order chi connectivity index (χ1) is 9.62. The molecule has 0 aromatic carbocycles. The van der Waals surface area contributed by atoms with Crippen molar-refractivity contribution in [2.75, 3.05) is 12.4 Å². The zero-order valence-electron chi connectivity index (χ0n) is 14.0.